The molecule has 0 bridgehead atoms. The first-order valence-electron chi connectivity index (χ1n) is 9.23. The van der Waals surface area contributed by atoms with E-state index in [0.717, 1.165) is 32.1 Å². The highest BCUT2D eigenvalue weighted by Gasteiger charge is 2.37. The lowest BCUT2D eigenvalue weighted by Crippen LogP contribution is -2.48. The average molecular weight is 363 g/mol. The summed E-state index contributed by atoms with van der Waals surface area (Å²) >= 11 is 0. The highest BCUT2D eigenvalue weighted by atomic mass is 16.5. The fourth-order valence-electron chi connectivity index (χ4n) is 3.70. The Bertz CT molecular complexity index is 668. The van der Waals surface area contributed by atoms with Crippen LogP contribution in [0.15, 0.2) is 4.52 Å². The van der Waals surface area contributed by atoms with E-state index < -0.39 is 11.9 Å². The van der Waals surface area contributed by atoms with Gasteiger partial charge < -0.3 is 20.1 Å². The molecule has 9 nitrogen and oxygen atoms in total. The van der Waals surface area contributed by atoms with Gasteiger partial charge in [-0.05, 0) is 25.7 Å². The molecule has 1 aliphatic carbocycles. The summed E-state index contributed by atoms with van der Waals surface area (Å²) < 4.78 is 4.95. The molecule has 1 aromatic rings. The highest BCUT2D eigenvalue weighted by molar-refractivity contribution is 5.90. The van der Waals surface area contributed by atoms with Crippen LogP contribution >= 0.6 is 0 Å². The van der Waals surface area contributed by atoms with Crippen LogP contribution in [0, 0.1) is 5.92 Å². The third kappa shape index (κ3) is 4.03. The van der Waals surface area contributed by atoms with Crippen LogP contribution in [0.5, 0.6) is 0 Å². The van der Waals surface area contributed by atoms with E-state index in [9.17, 15) is 14.4 Å². The quantitative estimate of drug-likeness (QED) is 0.792. The molecule has 2 heterocycles. The zero-order valence-corrected chi connectivity index (χ0v) is 15.0. The predicted octanol–water partition coefficient (Wildman–Crippen LogP) is 0.617. The summed E-state index contributed by atoms with van der Waals surface area (Å²) in [5.41, 5.74) is 0. The van der Waals surface area contributed by atoms with Gasteiger partial charge in [0.05, 0.1) is 6.54 Å². The Morgan fingerprint density at radius 1 is 1.15 bits per heavy atom. The van der Waals surface area contributed by atoms with Crippen LogP contribution in [-0.4, -0.2) is 52.4 Å². The van der Waals surface area contributed by atoms with Crippen LogP contribution in [0.2, 0.25) is 0 Å². The molecule has 1 aliphatic heterocycles. The van der Waals surface area contributed by atoms with E-state index in [1.54, 1.807) is 4.90 Å². The third-order valence-corrected chi connectivity index (χ3v) is 5.11. The summed E-state index contributed by atoms with van der Waals surface area (Å²) in [6.45, 7) is 0.666. The molecule has 0 radical (unpaired) electrons. The number of rotatable bonds is 5. The molecule has 1 saturated heterocycles. The molecule has 0 spiro atoms. The first-order chi connectivity index (χ1) is 12.6. The largest absolute Gasteiger partial charge is 0.352 e. The normalized spacial score (nSPS) is 20.8. The molecular formula is C17H25N5O4. The Balaban J connectivity index is 1.55. The number of nitrogens with one attached hydrogen (secondary N) is 2. The van der Waals surface area contributed by atoms with Crippen LogP contribution in [0.3, 0.4) is 0 Å². The van der Waals surface area contributed by atoms with Gasteiger partial charge in [0.25, 0.3) is 11.7 Å². The standard InChI is InChI=1S/C17H25N5O4/c1-18-16(24)14-20-13(26-21-14)10-19-15(23)12-8-5-9-22(12)17(25)11-6-3-2-4-7-11/h11-12H,2-10H2,1H3,(H,18,24)(H,19,23)/t12-/m0/s1. The van der Waals surface area contributed by atoms with Gasteiger partial charge in [0, 0.05) is 19.5 Å². The van der Waals surface area contributed by atoms with E-state index in [1.807, 2.05) is 0 Å². The molecule has 3 rings (SSSR count). The summed E-state index contributed by atoms with van der Waals surface area (Å²) in [5.74, 6) is -0.421. The van der Waals surface area contributed by atoms with Crippen LogP contribution in [0.1, 0.15) is 61.5 Å². The van der Waals surface area contributed by atoms with Crippen molar-refractivity contribution >= 4 is 17.7 Å². The second-order valence-corrected chi connectivity index (χ2v) is 6.83. The maximum absolute atomic E-state index is 12.8. The van der Waals surface area contributed by atoms with Gasteiger partial charge in [-0.3, -0.25) is 14.4 Å². The number of aromatic nitrogens is 2. The summed E-state index contributed by atoms with van der Waals surface area (Å²) in [6.07, 6.45) is 6.71. The molecule has 0 unspecified atom stereocenters. The fraction of sp³-hybridized carbons (Fsp3) is 0.706. The van der Waals surface area contributed by atoms with Gasteiger partial charge in [-0.15, -0.1) is 0 Å². The molecule has 1 aromatic heterocycles. The SMILES string of the molecule is CNC(=O)c1noc(CNC(=O)[C@@H]2CCCN2C(=O)C2CCCCC2)n1. The van der Waals surface area contributed by atoms with Crippen LogP contribution in [0.25, 0.3) is 0 Å². The number of likely N-dealkylation sites (tertiary alicyclic amines) is 1. The Morgan fingerprint density at radius 2 is 1.92 bits per heavy atom. The van der Waals surface area contributed by atoms with Gasteiger partial charge in [-0.25, -0.2) is 0 Å². The molecule has 0 aromatic carbocycles. The number of hydrogen-bond donors (Lipinski definition) is 2. The maximum Gasteiger partial charge on any atom is 0.292 e. The van der Waals surface area contributed by atoms with Crippen molar-refractivity contribution in [2.45, 2.75) is 57.5 Å². The zero-order valence-electron chi connectivity index (χ0n) is 15.0. The molecule has 26 heavy (non-hydrogen) atoms. The van der Waals surface area contributed by atoms with E-state index in [0.29, 0.717) is 13.0 Å². The number of carbonyl (C=O) groups excluding carboxylic acids is 3. The van der Waals surface area contributed by atoms with E-state index in [4.69, 9.17) is 4.52 Å². The Kier molecular flexibility index (Phi) is 5.85. The molecule has 9 heteroatoms. The van der Waals surface area contributed by atoms with Gasteiger partial charge in [0.1, 0.15) is 6.04 Å². The zero-order chi connectivity index (χ0) is 18.5. The molecule has 2 N–H and O–H groups in total. The molecule has 3 amide bonds. The Morgan fingerprint density at radius 3 is 2.65 bits per heavy atom. The van der Waals surface area contributed by atoms with E-state index >= 15 is 0 Å². The summed E-state index contributed by atoms with van der Waals surface area (Å²) in [7, 11) is 1.47. The van der Waals surface area contributed by atoms with Crippen LogP contribution in [-0.2, 0) is 16.1 Å². The van der Waals surface area contributed by atoms with Crippen molar-refractivity contribution in [2.24, 2.45) is 5.92 Å². The van der Waals surface area contributed by atoms with Crippen molar-refractivity contribution in [3.8, 4) is 0 Å². The summed E-state index contributed by atoms with van der Waals surface area (Å²) in [4.78, 5) is 42.4. The summed E-state index contributed by atoms with van der Waals surface area (Å²) in [6, 6.07) is -0.439. The first-order valence-corrected chi connectivity index (χ1v) is 9.23. The molecular weight excluding hydrogens is 338 g/mol. The van der Waals surface area contributed by atoms with Crippen molar-refractivity contribution < 1.29 is 18.9 Å². The predicted molar refractivity (Wildman–Crippen MR) is 90.8 cm³/mol. The molecule has 2 fully saturated rings. The molecule has 1 saturated carbocycles. The second kappa shape index (κ2) is 8.29. The van der Waals surface area contributed by atoms with Gasteiger partial charge >= 0.3 is 0 Å². The molecule has 142 valence electrons. The van der Waals surface area contributed by atoms with E-state index in [2.05, 4.69) is 20.8 Å². The number of hydrogen-bond acceptors (Lipinski definition) is 6. The second-order valence-electron chi connectivity index (χ2n) is 6.83. The Labute approximate surface area is 151 Å². The highest BCUT2D eigenvalue weighted by Crippen LogP contribution is 2.28. The van der Waals surface area contributed by atoms with Crippen LogP contribution < -0.4 is 10.6 Å². The van der Waals surface area contributed by atoms with Crippen LogP contribution in [0.4, 0.5) is 0 Å². The number of nitrogens with zero attached hydrogens (tertiary/aromatic N) is 3. The lowest BCUT2D eigenvalue weighted by molar-refractivity contribution is -0.142. The average Bonchev–Trinajstić information content (AvgIpc) is 3.35. The maximum atomic E-state index is 12.8. The minimum atomic E-state index is -0.452. The fourth-order valence-corrected chi connectivity index (χ4v) is 3.70. The van der Waals surface area contributed by atoms with Crippen molar-refractivity contribution in [1.29, 1.82) is 0 Å². The minimum Gasteiger partial charge on any atom is -0.352 e. The molecule has 1 atom stereocenters. The van der Waals surface area contributed by atoms with Gasteiger partial charge in [0.15, 0.2) is 0 Å². The Hall–Kier alpha value is -2.45. The number of carbonyl (C=O) groups is 3. The van der Waals surface area contributed by atoms with Crippen molar-refractivity contribution in [3.63, 3.8) is 0 Å². The van der Waals surface area contributed by atoms with E-state index in [-0.39, 0.29) is 36.0 Å². The summed E-state index contributed by atoms with van der Waals surface area (Å²) in [5, 5.41) is 8.69. The molecule has 2 aliphatic rings. The lowest BCUT2D eigenvalue weighted by atomic mass is 9.88. The topological polar surface area (TPSA) is 117 Å². The van der Waals surface area contributed by atoms with Crippen molar-refractivity contribution in [3.05, 3.63) is 11.7 Å². The number of amides is 3. The van der Waals surface area contributed by atoms with E-state index in [1.165, 1.54) is 13.5 Å². The van der Waals surface area contributed by atoms with Gasteiger partial charge in [0.2, 0.25) is 17.7 Å². The monoisotopic (exact) mass is 363 g/mol. The lowest BCUT2D eigenvalue weighted by Gasteiger charge is -2.29. The van der Waals surface area contributed by atoms with Crippen molar-refractivity contribution in [2.75, 3.05) is 13.6 Å². The first kappa shape index (κ1) is 18.3. The van der Waals surface area contributed by atoms with Gasteiger partial charge in [-0.1, -0.05) is 24.4 Å². The minimum absolute atomic E-state index is 0.0325. The third-order valence-electron chi connectivity index (χ3n) is 5.11. The van der Waals surface area contributed by atoms with Gasteiger partial charge in [-0.2, -0.15) is 4.98 Å². The smallest absolute Gasteiger partial charge is 0.292 e. The van der Waals surface area contributed by atoms with Crippen molar-refractivity contribution in [1.82, 2.24) is 25.7 Å².